The molecular weight excluding hydrogens is 340 g/mol. The number of rotatable bonds is 5. The van der Waals surface area contributed by atoms with Gasteiger partial charge in [0.2, 0.25) is 0 Å². The highest BCUT2D eigenvalue weighted by Gasteiger charge is 2.13. The Balaban J connectivity index is 2.12. The maximum atomic E-state index is 13.7. The number of halogens is 3. The first-order valence-electron chi connectivity index (χ1n) is 6.52. The van der Waals surface area contributed by atoms with Gasteiger partial charge in [0.15, 0.2) is 0 Å². The molecule has 21 heavy (non-hydrogen) atoms. The van der Waals surface area contributed by atoms with Crippen LogP contribution in [0.15, 0.2) is 40.9 Å². The van der Waals surface area contributed by atoms with E-state index in [0.29, 0.717) is 12.1 Å². The molecule has 0 saturated heterocycles. The van der Waals surface area contributed by atoms with Crippen LogP contribution < -0.4 is 10.1 Å². The van der Waals surface area contributed by atoms with Gasteiger partial charge in [0.1, 0.15) is 17.4 Å². The summed E-state index contributed by atoms with van der Waals surface area (Å²) in [6.07, 6.45) is 0. The lowest BCUT2D eigenvalue weighted by molar-refractivity contribution is 0.405. The summed E-state index contributed by atoms with van der Waals surface area (Å²) in [4.78, 5) is 0. The first-order chi connectivity index (χ1) is 10.0. The minimum Gasteiger partial charge on any atom is -0.496 e. The van der Waals surface area contributed by atoms with Gasteiger partial charge in [-0.25, -0.2) is 8.78 Å². The van der Waals surface area contributed by atoms with Crippen molar-refractivity contribution in [3.8, 4) is 5.75 Å². The van der Waals surface area contributed by atoms with E-state index in [1.807, 2.05) is 18.2 Å². The van der Waals surface area contributed by atoms with E-state index in [4.69, 9.17) is 4.74 Å². The second-order valence-corrected chi connectivity index (χ2v) is 5.64. The lowest BCUT2D eigenvalue weighted by atomic mass is 10.1. The predicted molar refractivity (Wildman–Crippen MR) is 82.3 cm³/mol. The molecular formula is C16H16BrF2NO. The van der Waals surface area contributed by atoms with E-state index < -0.39 is 11.6 Å². The van der Waals surface area contributed by atoms with Crippen LogP contribution in [0, 0.1) is 11.6 Å². The molecule has 2 nitrogen and oxygen atoms in total. The minimum atomic E-state index is -0.444. The molecule has 0 aliphatic heterocycles. The third kappa shape index (κ3) is 4.02. The molecule has 0 aromatic heterocycles. The molecule has 0 fully saturated rings. The summed E-state index contributed by atoms with van der Waals surface area (Å²) < 4.78 is 33.2. The fraction of sp³-hybridized carbons (Fsp3) is 0.250. The van der Waals surface area contributed by atoms with Crippen molar-refractivity contribution in [2.75, 3.05) is 7.11 Å². The monoisotopic (exact) mass is 355 g/mol. The molecule has 0 radical (unpaired) electrons. The Kier molecular flexibility index (Phi) is 5.31. The highest BCUT2D eigenvalue weighted by Crippen LogP contribution is 2.24. The second-order valence-electron chi connectivity index (χ2n) is 4.72. The summed E-state index contributed by atoms with van der Waals surface area (Å²) >= 11 is 3.41. The second kappa shape index (κ2) is 7.00. The quantitative estimate of drug-likeness (QED) is 0.846. The largest absolute Gasteiger partial charge is 0.496 e. The molecule has 0 aliphatic carbocycles. The van der Waals surface area contributed by atoms with Gasteiger partial charge >= 0.3 is 0 Å². The first kappa shape index (κ1) is 15.9. The van der Waals surface area contributed by atoms with Crippen molar-refractivity contribution >= 4 is 15.9 Å². The van der Waals surface area contributed by atoms with E-state index in [0.717, 1.165) is 27.9 Å². The molecule has 1 unspecified atom stereocenters. The molecule has 5 heteroatoms. The summed E-state index contributed by atoms with van der Waals surface area (Å²) in [5.74, 6) is -0.115. The smallest absolute Gasteiger partial charge is 0.128 e. The van der Waals surface area contributed by atoms with Crippen molar-refractivity contribution in [2.24, 2.45) is 0 Å². The van der Waals surface area contributed by atoms with Gasteiger partial charge in [-0.3, -0.25) is 0 Å². The average molecular weight is 356 g/mol. The maximum absolute atomic E-state index is 13.7. The Morgan fingerprint density at radius 1 is 1.19 bits per heavy atom. The maximum Gasteiger partial charge on any atom is 0.128 e. The van der Waals surface area contributed by atoms with E-state index in [-0.39, 0.29) is 6.04 Å². The van der Waals surface area contributed by atoms with Crippen LogP contribution in [-0.4, -0.2) is 7.11 Å². The zero-order chi connectivity index (χ0) is 15.4. The van der Waals surface area contributed by atoms with Crippen LogP contribution in [0.4, 0.5) is 8.78 Å². The minimum absolute atomic E-state index is 0.309. The van der Waals surface area contributed by atoms with Gasteiger partial charge in [-0.2, -0.15) is 0 Å². The normalized spacial score (nSPS) is 12.2. The molecule has 0 bridgehead atoms. The topological polar surface area (TPSA) is 21.3 Å². The molecule has 1 atom stereocenters. The Morgan fingerprint density at radius 2 is 1.95 bits per heavy atom. The number of ether oxygens (including phenoxy) is 1. The number of methoxy groups -OCH3 is 1. The van der Waals surface area contributed by atoms with E-state index in [1.54, 1.807) is 14.0 Å². The molecule has 2 rings (SSSR count). The molecule has 0 amide bonds. The van der Waals surface area contributed by atoms with Crippen molar-refractivity contribution in [3.63, 3.8) is 0 Å². The third-order valence-electron chi connectivity index (χ3n) is 3.27. The van der Waals surface area contributed by atoms with Gasteiger partial charge in [-0.1, -0.05) is 15.9 Å². The fourth-order valence-corrected chi connectivity index (χ4v) is 2.51. The van der Waals surface area contributed by atoms with Crippen molar-refractivity contribution in [1.29, 1.82) is 0 Å². The molecule has 0 saturated carbocycles. The molecule has 2 aromatic carbocycles. The van der Waals surface area contributed by atoms with Crippen LogP contribution in [0.25, 0.3) is 0 Å². The van der Waals surface area contributed by atoms with Crippen LogP contribution in [0.3, 0.4) is 0 Å². The molecule has 0 aliphatic rings. The van der Waals surface area contributed by atoms with Gasteiger partial charge in [0.05, 0.1) is 7.11 Å². The molecule has 0 heterocycles. The molecule has 112 valence electrons. The molecule has 1 N–H and O–H groups in total. The Morgan fingerprint density at radius 3 is 2.67 bits per heavy atom. The number of nitrogens with one attached hydrogen (secondary N) is 1. The third-order valence-corrected chi connectivity index (χ3v) is 3.76. The van der Waals surface area contributed by atoms with E-state index in [9.17, 15) is 8.78 Å². The van der Waals surface area contributed by atoms with Crippen LogP contribution in [-0.2, 0) is 6.54 Å². The Labute approximate surface area is 131 Å². The van der Waals surface area contributed by atoms with Crippen molar-refractivity contribution in [2.45, 2.75) is 19.5 Å². The number of hydrogen-bond acceptors (Lipinski definition) is 2. The molecule has 0 spiro atoms. The summed E-state index contributed by atoms with van der Waals surface area (Å²) in [6.45, 7) is 2.28. The number of benzene rings is 2. The lowest BCUT2D eigenvalue weighted by Gasteiger charge is -2.17. The van der Waals surface area contributed by atoms with Crippen LogP contribution in [0.1, 0.15) is 24.1 Å². The van der Waals surface area contributed by atoms with Gasteiger partial charge in [-0.15, -0.1) is 0 Å². The highest BCUT2D eigenvalue weighted by atomic mass is 79.9. The summed E-state index contributed by atoms with van der Waals surface area (Å²) in [7, 11) is 1.60. The van der Waals surface area contributed by atoms with Crippen molar-refractivity contribution in [1.82, 2.24) is 5.32 Å². The predicted octanol–water partition coefficient (Wildman–Crippen LogP) is 4.59. The van der Waals surface area contributed by atoms with Gasteiger partial charge < -0.3 is 10.1 Å². The zero-order valence-corrected chi connectivity index (χ0v) is 13.4. The van der Waals surface area contributed by atoms with Crippen molar-refractivity contribution < 1.29 is 13.5 Å². The Hall–Kier alpha value is -1.46. The van der Waals surface area contributed by atoms with Gasteiger partial charge in [0.25, 0.3) is 0 Å². The first-order valence-corrected chi connectivity index (χ1v) is 7.31. The zero-order valence-electron chi connectivity index (χ0n) is 11.8. The molecule has 2 aromatic rings. The lowest BCUT2D eigenvalue weighted by Crippen LogP contribution is -2.19. The average Bonchev–Trinajstić information content (AvgIpc) is 2.47. The fourth-order valence-electron chi connectivity index (χ4n) is 2.10. The van der Waals surface area contributed by atoms with Crippen LogP contribution in [0.5, 0.6) is 5.75 Å². The number of hydrogen-bond donors (Lipinski definition) is 1. The van der Waals surface area contributed by atoms with E-state index in [2.05, 4.69) is 21.2 Å². The summed E-state index contributed by atoms with van der Waals surface area (Å²) in [6, 6.07) is 8.83. The van der Waals surface area contributed by atoms with Gasteiger partial charge in [-0.05, 0) is 43.3 Å². The summed E-state index contributed by atoms with van der Waals surface area (Å²) in [5.41, 5.74) is 1.25. The van der Waals surface area contributed by atoms with Crippen LogP contribution in [0.2, 0.25) is 0 Å². The van der Waals surface area contributed by atoms with Crippen molar-refractivity contribution in [3.05, 3.63) is 63.6 Å². The SMILES string of the molecule is COc1ccc(Br)cc1CNC(C)c1cc(F)ccc1F. The van der Waals surface area contributed by atoms with E-state index >= 15 is 0 Å². The van der Waals surface area contributed by atoms with E-state index in [1.165, 1.54) is 6.07 Å². The Bertz CT molecular complexity index is 634. The highest BCUT2D eigenvalue weighted by molar-refractivity contribution is 9.10. The van der Waals surface area contributed by atoms with Gasteiger partial charge in [0, 0.05) is 28.2 Å². The van der Waals surface area contributed by atoms with Crippen LogP contribution >= 0.6 is 15.9 Å². The summed E-state index contributed by atoms with van der Waals surface area (Å²) in [5, 5.41) is 3.18. The standard InChI is InChI=1S/C16H16BrF2NO/c1-10(14-8-13(18)4-5-15(14)19)20-9-11-7-12(17)3-6-16(11)21-2/h3-8,10,20H,9H2,1-2H3.